The van der Waals surface area contributed by atoms with Crippen LogP contribution in [-0.2, 0) is 9.59 Å². The van der Waals surface area contributed by atoms with Crippen molar-refractivity contribution in [2.75, 3.05) is 13.1 Å². The van der Waals surface area contributed by atoms with E-state index in [0.717, 1.165) is 6.54 Å². The molecule has 0 aromatic carbocycles. The number of likely N-dealkylation sites (tertiary alicyclic amines) is 1. The first-order valence-corrected chi connectivity index (χ1v) is 7.70. The van der Waals surface area contributed by atoms with Crippen molar-refractivity contribution < 1.29 is 14.7 Å². The molecule has 2 N–H and O–H groups in total. The van der Waals surface area contributed by atoms with Crippen LogP contribution in [0.25, 0.3) is 0 Å². The Balaban J connectivity index is 2.94. The number of hydrogen-bond acceptors (Lipinski definition) is 6. The average Bonchev–Trinajstić information content (AvgIpc) is 2.44. The van der Waals surface area contributed by atoms with Crippen molar-refractivity contribution >= 4 is 24.5 Å². The van der Waals surface area contributed by atoms with Gasteiger partial charge < -0.3 is 10.4 Å². The van der Waals surface area contributed by atoms with E-state index < -0.39 is 17.6 Å². The first-order chi connectivity index (χ1) is 9.90. The van der Waals surface area contributed by atoms with Gasteiger partial charge in [0.05, 0.1) is 5.37 Å². The van der Waals surface area contributed by atoms with Crippen molar-refractivity contribution in [1.29, 1.82) is 0 Å². The third kappa shape index (κ3) is 4.16. The van der Waals surface area contributed by atoms with E-state index in [1.54, 1.807) is 0 Å². The van der Waals surface area contributed by atoms with Crippen LogP contribution in [0.4, 0.5) is 0 Å². The number of nitroso groups, excluding NO2 is 1. The zero-order valence-corrected chi connectivity index (χ0v) is 13.3. The Morgan fingerprint density at radius 1 is 1.52 bits per heavy atom. The predicted octanol–water partition coefficient (Wildman–Crippen LogP) is 1.23. The Hall–Kier alpha value is -1.15. The Kier molecular flexibility index (Phi) is 6.60. The van der Waals surface area contributed by atoms with E-state index in [9.17, 15) is 19.6 Å². The molecule has 1 heterocycles. The molecule has 120 valence electrons. The Labute approximate surface area is 129 Å². The number of hydrogen-bond donors (Lipinski definition) is 3. The highest BCUT2D eigenvalue weighted by Gasteiger charge is 2.50. The molecule has 1 aliphatic heterocycles. The SMILES string of the molecule is CCCC(=O)NC(C(=O)O)C1(N=O)CCN(CC)C(S)C1. The molecule has 0 aliphatic carbocycles. The fraction of sp³-hybridized carbons (Fsp3) is 0.846. The molecule has 0 spiro atoms. The minimum Gasteiger partial charge on any atom is -0.480 e. The third-order valence-electron chi connectivity index (χ3n) is 3.94. The highest BCUT2D eigenvalue weighted by atomic mass is 32.1. The molecule has 1 saturated heterocycles. The molecule has 3 atom stereocenters. The quantitative estimate of drug-likeness (QED) is 0.484. The van der Waals surface area contributed by atoms with Crippen LogP contribution in [0.5, 0.6) is 0 Å². The third-order valence-corrected chi connectivity index (χ3v) is 4.45. The maximum absolute atomic E-state index is 11.7. The lowest BCUT2D eigenvalue weighted by Crippen LogP contribution is -2.61. The molecule has 0 saturated carbocycles. The van der Waals surface area contributed by atoms with Crippen LogP contribution in [0.15, 0.2) is 5.18 Å². The number of nitrogens with one attached hydrogen (secondary N) is 1. The molecule has 1 aliphatic rings. The summed E-state index contributed by atoms with van der Waals surface area (Å²) in [7, 11) is 0. The summed E-state index contributed by atoms with van der Waals surface area (Å²) in [6.45, 7) is 5.10. The van der Waals surface area contributed by atoms with E-state index in [0.29, 0.717) is 19.4 Å². The maximum atomic E-state index is 11.7. The lowest BCUT2D eigenvalue weighted by atomic mass is 9.81. The van der Waals surface area contributed by atoms with E-state index in [1.165, 1.54) is 0 Å². The van der Waals surface area contributed by atoms with Gasteiger partial charge in [-0.25, -0.2) is 4.79 Å². The standard InChI is InChI=1S/C13H23N3O4S/c1-3-5-9(17)14-11(12(18)19)13(15-20)6-7-16(4-2)10(21)8-13/h10-11,21H,3-8H2,1-2H3,(H,14,17)(H,18,19). The van der Waals surface area contributed by atoms with Crippen molar-refractivity contribution in [3.8, 4) is 0 Å². The maximum Gasteiger partial charge on any atom is 0.328 e. The molecule has 1 fully saturated rings. The fourth-order valence-electron chi connectivity index (χ4n) is 2.69. The number of nitrogens with zero attached hydrogens (tertiary/aromatic N) is 2. The molecule has 1 rings (SSSR count). The lowest BCUT2D eigenvalue weighted by Gasteiger charge is -2.43. The normalized spacial score (nSPS) is 27.9. The van der Waals surface area contributed by atoms with Gasteiger partial charge in [0.1, 0.15) is 5.54 Å². The molecule has 8 heteroatoms. The van der Waals surface area contributed by atoms with Gasteiger partial charge in [-0.1, -0.05) is 19.0 Å². The van der Waals surface area contributed by atoms with Crippen LogP contribution in [0, 0.1) is 4.91 Å². The minimum atomic E-state index is -1.34. The summed E-state index contributed by atoms with van der Waals surface area (Å²) in [6.07, 6.45) is 1.34. The van der Waals surface area contributed by atoms with Gasteiger partial charge in [0.15, 0.2) is 6.04 Å². The second kappa shape index (κ2) is 7.74. The number of aliphatic carboxylic acids is 1. The smallest absolute Gasteiger partial charge is 0.328 e. The van der Waals surface area contributed by atoms with E-state index in [1.807, 2.05) is 18.7 Å². The molecule has 0 aromatic heterocycles. The number of thiol groups is 1. The van der Waals surface area contributed by atoms with E-state index in [2.05, 4.69) is 23.1 Å². The van der Waals surface area contributed by atoms with Gasteiger partial charge in [-0.15, -0.1) is 0 Å². The predicted molar refractivity (Wildman–Crippen MR) is 82.3 cm³/mol. The molecular formula is C13H23N3O4S. The zero-order valence-electron chi connectivity index (χ0n) is 12.4. The summed E-state index contributed by atoms with van der Waals surface area (Å²) in [5, 5.41) is 14.7. The Bertz CT molecular complexity index is 407. The largest absolute Gasteiger partial charge is 0.480 e. The summed E-state index contributed by atoms with van der Waals surface area (Å²) in [6, 6.07) is -1.30. The highest BCUT2D eigenvalue weighted by molar-refractivity contribution is 7.80. The van der Waals surface area contributed by atoms with Crippen LogP contribution in [0.1, 0.15) is 39.5 Å². The molecule has 0 radical (unpaired) electrons. The van der Waals surface area contributed by atoms with Crippen molar-refractivity contribution in [2.24, 2.45) is 5.18 Å². The summed E-state index contributed by atoms with van der Waals surface area (Å²) in [5.74, 6) is -1.61. The lowest BCUT2D eigenvalue weighted by molar-refractivity contribution is -0.144. The van der Waals surface area contributed by atoms with Crippen LogP contribution < -0.4 is 5.32 Å². The van der Waals surface area contributed by atoms with Gasteiger partial charge in [0.2, 0.25) is 5.91 Å². The van der Waals surface area contributed by atoms with Crippen LogP contribution in [-0.4, -0.2) is 51.9 Å². The van der Waals surface area contributed by atoms with Crippen LogP contribution in [0.2, 0.25) is 0 Å². The van der Waals surface area contributed by atoms with E-state index in [-0.39, 0.29) is 24.1 Å². The van der Waals surface area contributed by atoms with Gasteiger partial charge in [-0.2, -0.15) is 17.5 Å². The second-order valence-electron chi connectivity index (χ2n) is 5.35. The summed E-state index contributed by atoms with van der Waals surface area (Å²) >= 11 is 4.42. The second-order valence-corrected chi connectivity index (χ2v) is 5.94. The molecule has 3 unspecified atom stereocenters. The van der Waals surface area contributed by atoms with Gasteiger partial charge >= 0.3 is 5.97 Å². The molecule has 0 aromatic rings. The summed E-state index contributed by atoms with van der Waals surface area (Å²) in [5.41, 5.74) is -1.34. The highest BCUT2D eigenvalue weighted by Crippen LogP contribution is 2.35. The van der Waals surface area contributed by atoms with Gasteiger partial charge in [-0.3, -0.25) is 9.69 Å². The number of rotatable bonds is 7. The fourth-order valence-corrected chi connectivity index (χ4v) is 3.28. The summed E-state index contributed by atoms with van der Waals surface area (Å²) < 4.78 is 0. The summed E-state index contributed by atoms with van der Waals surface area (Å²) in [4.78, 5) is 36.7. The van der Waals surface area contributed by atoms with Crippen molar-refractivity contribution in [2.45, 2.75) is 56.5 Å². The van der Waals surface area contributed by atoms with Crippen LogP contribution >= 0.6 is 12.6 Å². The number of amides is 1. The minimum absolute atomic E-state index is 0.205. The van der Waals surface area contributed by atoms with Crippen LogP contribution in [0.3, 0.4) is 0 Å². The van der Waals surface area contributed by atoms with E-state index >= 15 is 0 Å². The van der Waals surface area contributed by atoms with E-state index in [4.69, 9.17) is 0 Å². The zero-order chi connectivity index (χ0) is 16.0. The number of carboxylic acid groups (broad SMARTS) is 1. The molecular weight excluding hydrogens is 294 g/mol. The molecule has 0 bridgehead atoms. The van der Waals surface area contributed by atoms with Gasteiger partial charge in [0.25, 0.3) is 0 Å². The Morgan fingerprint density at radius 3 is 2.62 bits per heavy atom. The Morgan fingerprint density at radius 2 is 2.19 bits per heavy atom. The molecule has 7 nitrogen and oxygen atoms in total. The first-order valence-electron chi connectivity index (χ1n) is 7.19. The molecule has 21 heavy (non-hydrogen) atoms. The first kappa shape index (κ1) is 17.9. The number of carbonyl (C=O) groups is 2. The van der Waals surface area contributed by atoms with Crippen molar-refractivity contribution in [3.63, 3.8) is 0 Å². The molecule has 1 amide bonds. The van der Waals surface area contributed by atoms with Gasteiger partial charge in [-0.05, 0) is 19.4 Å². The number of carbonyl (C=O) groups excluding carboxylic acids is 1. The topological polar surface area (TPSA) is 99.1 Å². The van der Waals surface area contributed by atoms with Crippen molar-refractivity contribution in [1.82, 2.24) is 10.2 Å². The van der Waals surface area contributed by atoms with Gasteiger partial charge in [0, 0.05) is 19.4 Å². The average molecular weight is 317 g/mol. The number of carboxylic acids is 1. The monoisotopic (exact) mass is 317 g/mol. The number of piperidine rings is 1. The van der Waals surface area contributed by atoms with Crippen molar-refractivity contribution in [3.05, 3.63) is 4.91 Å².